The molecule has 0 amide bonds. The minimum Gasteiger partial charge on any atom is -0.317 e. The van der Waals surface area contributed by atoms with Crippen molar-refractivity contribution in [1.29, 1.82) is 0 Å². The molecular weight excluding hydrogens is 148 g/mol. The molecule has 0 aromatic carbocycles. The normalized spacial score (nSPS) is 24.2. The van der Waals surface area contributed by atoms with E-state index in [4.69, 9.17) is 0 Å². The Hall–Kier alpha value is -0.0800. The Kier molecular flexibility index (Phi) is 5.37. The third-order valence-corrected chi connectivity index (χ3v) is 2.56. The molecule has 0 aliphatic carbocycles. The molecule has 72 valence electrons. The quantitative estimate of drug-likeness (QED) is 0.609. The van der Waals surface area contributed by atoms with E-state index in [1.807, 2.05) is 0 Å². The number of hydrogen-bond donors (Lipinski definition) is 2. The molecule has 1 unspecified atom stereocenters. The van der Waals surface area contributed by atoms with E-state index in [-0.39, 0.29) is 0 Å². The van der Waals surface area contributed by atoms with Crippen molar-refractivity contribution in [3.63, 3.8) is 0 Å². The van der Waals surface area contributed by atoms with Crippen LogP contribution in [0.5, 0.6) is 0 Å². The Bertz CT molecular complexity index is 98.0. The summed E-state index contributed by atoms with van der Waals surface area (Å²) in [6.45, 7) is 7.09. The average molecular weight is 170 g/mol. The molecular formula is C10H22N2. The molecule has 2 N–H and O–H groups in total. The van der Waals surface area contributed by atoms with E-state index in [1.54, 1.807) is 0 Å². The molecule has 0 radical (unpaired) electrons. The first-order valence-electron chi connectivity index (χ1n) is 5.35. The van der Waals surface area contributed by atoms with Gasteiger partial charge in [0, 0.05) is 0 Å². The van der Waals surface area contributed by atoms with Crippen molar-refractivity contribution in [2.75, 3.05) is 26.2 Å². The molecule has 0 spiro atoms. The van der Waals surface area contributed by atoms with E-state index in [0.29, 0.717) is 0 Å². The van der Waals surface area contributed by atoms with Gasteiger partial charge in [0.05, 0.1) is 0 Å². The van der Waals surface area contributed by atoms with Crippen molar-refractivity contribution in [2.45, 2.75) is 32.6 Å². The van der Waals surface area contributed by atoms with Crippen LogP contribution in [0.2, 0.25) is 0 Å². The lowest BCUT2D eigenvalue weighted by molar-refractivity contribution is 0.352. The van der Waals surface area contributed by atoms with Gasteiger partial charge in [-0.15, -0.1) is 0 Å². The molecule has 1 heterocycles. The van der Waals surface area contributed by atoms with Crippen LogP contribution in [-0.2, 0) is 0 Å². The zero-order chi connectivity index (χ0) is 8.65. The van der Waals surface area contributed by atoms with Crippen LogP contribution in [0.3, 0.4) is 0 Å². The monoisotopic (exact) mass is 170 g/mol. The minimum absolute atomic E-state index is 0.933. The molecule has 0 aromatic heterocycles. The highest BCUT2D eigenvalue weighted by molar-refractivity contribution is 4.69. The van der Waals surface area contributed by atoms with Crippen LogP contribution in [-0.4, -0.2) is 26.2 Å². The summed E-state index contributed by atoms with van der Waals surface area (Å²) < 4.78 is 0. The molecule has 1 aliphatic heterocycles. The molecule has 1 fully saturated rings. The summed E-state index contributed by atoms with van der Waals surface area (Å²) >= 11 is 0. The fraction of sp³-hybridized carbons (Fsp3) is 1.00. The molecule has 0 bridgehead atoms. The lowest BCUT2D eigenvalue weighted by Gasteiger charge is -2.22. The summed E-state index contributed by atoms with van der Waals surface area (Å²) in [7, 11) is 0. The van der Waals surface area contributed by atoms with Crippen LogP contribution in [0.4, 0.5) is 0 Å². The predicted octanol–water partition coefficient (Wildman–Crippen LogP) is 1.38. The first kappa shape index (κ1) is 10.0. The molecule has 1 aliphatic rings. The zero-order valence-corrected chi connectivity index (χ0v) is 8.23. The highest BCUT2D eigenvalue weighted by Crippen LogP contribution is 2.12. The van der Waals surface area contributed by atoms with Gasteiger partial charge in [-0.25, -0.2) is 0 Å². The zero-order valence-electron chi connectivity index (χ0n) is 8.23. The Morgan fingerprint density at radius 3 is 3.00 bits per heavy atom. The molecule has 2 heteroatoms. The second-order valence-corrected chi connectivity index (χ2v) is 3.75. The molecule has 12 heavy (non-hydrogen) atoms. The summed E-state index contributed by atoms with van der Waals surface area (Å²) in [5.74, 6) is 0.933. The van der Waals surface area contributed by atoms with Crippen LogP contribution >= 0.6 is 0 Å². The maximum Gasteiger partial charge on any atom is -0.00200 e. The van der Waals surface area contributed by atoms with Gasteiger partial charge in [-0.2, -0.15) is 0 Å². The van der Waals surface area contributed by atoms with Gasteiger partial charge >= 0.3 is 0 Å². The molecule has 0 aromatic rings. The molecule has 1 saturated heterocycles. The Balaban J connectivity index is 1.91. The average Bonchev–Trinajstić information content (AvgIpc) is 2.14. The van der Waals surface area contributed by atoms with Crippen molar-refractivity contribution in [3.8, 4) is 0 Å². The summed E-state index contributed by atoms with van der Waals surface area (Å²) in [5.41, 5.74) is 0. The van der Waals surface area contributed by atoms with Gasteiger partial charge in [-0.1, -0.05) is 6.92 Å². The molecule has 2 nitrogen and oxygen atoms in total. The Labute approximate surface area is 76.1 Å². The van der Waals surface area contributed by atoms with Gasteiger partial charge in [0.1, 0.15) is 0 Å². The third kappa shape index (κ3) is 4.07. The topological polar surface area (TPSA) is 24.1 Å². The van der Waals surface area contributed by atoms with Gasteiger partial charge in [-0.05, 0) is 57.8 Å². The van der Waals surface area contributed by atoms with Crippen molar-refractivity contribution in [1.82, 2.24) is 10.6 Å². The smallest absolute Gasteiger partial charge is 0.00200 e. The van der Waals surface area contributed by atoms with Gasteiger partial charge in [0.2, 0.25) is 0 Å². The number of hydrogen-bond acceptors (Lipinski definition) is 2. The SMILES string of the molecule is CCCNCCC1CCCNC1. The lowest BCUT2D eigenvalue weighted by atomic mass is 9.96. The maximum absolute atomic E-state index is 3.45. The van der Waals surface area contributed by atoms with Crippen LogP contribution in [0.1, 0.15) is 32.6 Å². The predicted molar refractivity (Wildman–Crippen MR) is 53.4 cm³/mol. The maximum atomic E-state index is 3.45. The van der Waals surface area contributed by atoms with Gasteiger partial charge in [0.15, 0.2) is 0 Å². The Morgan fingerprint density at radius 1 is 1.42 bits per heavy atom. The van der Waals surface area contributed by atoms with E-state index in [2.05, 4.69) is 17.6 Å². The fourth-order valence-electron chi connectivity index (χ4n) is 1.78. The van der Waals surface area contributed by atoms with E-state index in [0.717, 1.165) is 5.92 Å². The van der Waals surface area contributed by atoms with Crippen LogP contribution in [0.15, 0.2) is 0 Å². The molecule has 0 saturated carbocycles. The Morgan fingerprint density at radius 2 is 2.33 bits per heavy atom. The van der Waals surface area contributed by atoms with Gasteiger partial charge < -0.3 is 10.6 Å². The second-order valence-electron chi connectivity index (χ2n) is 3.75. The van der Waals surface area contributed by atoms with E-state index in [1.165, 1.54) is 51.9 Å². The standard InChI is InChI=1S/C10H22N2/c1-2-6-11-8-5-10-4-3-7-12-9-10/h10-12H,2-9H2,1H3. The van der Waals surface area contributed by atoms with Crippen molar-refractivity contribution in [2.24, 2.45) is 5.92 Å². The van der Waals surface area contributed by atoms with Gasteiger partial charge in [-0.3, -0.25) is 0 Å². The van der Waals surface area contributed by atoms with Gasteiger partial charge in [0.25, 0.3) is 0 Å². The van der Waals surface area contributed by atoms with Crippen LogP contribution < -0.4 is 10.6 Å². The van der Waals surface area contributed by atoms with E-state index in [9.17, 15) is 0 Å². The molecule has 1 rings (SSSR count). The summed E-state index contributed by atoms with van der Waals surface area (Å²) in [5, 5.41) is 6.90. The number of nitrogens with one attached hydrogen (secondary N) is 2. The third-order valence-electron chi connectivity index (χ3n) is 2.56. The van der Waals surface area contributed by atoms with E-state index >= 15 is 0 Å². The van der Waals surface area contributed by atoms with Crippen LogP contribution in [0, 0.1) is 5.92 Å². The van der Waals surface area contributed by atoms with Crippen molar-refractivity contribution in [3.05, 3.63) is 0 Å². The number of rotatable bonds is 5. The van der Waals surface area contributed by atoms with E-state index < -0.39 is 0 Å². The summed E-state index contributed by atoms with van der Waals surface area (Å²) in [4.78, 5) is 0. The minimum atomic E-state index is 0.933. The van der Waals surface area contributed by atoms with Crippen molar-refractivity contribution >= 4 is 0 Å². The molecule has 1 atom stereocenters. The largest absolute Gasteiger partial charge is 0.317 e. The van der Waals surface area contributed by atoms with Crippen LogP contribution in [0.25, 0.3) is 0 Å². The lowest BCUT2D eigenvalue weighted by Crippen LogP contribution is -2.31. The fourth-order valence-corrected chi connectivity index (χ4v) is 1.78. The van der Waals surface area contributed by atoms with Crippen molar-refractivity contribution < 1.29 is 0 Å². The summed E-state index contributed by atoms with van der Waals surface area (Å²) in [6, 6.07) is 0. The first-order chi connectivity index (χ1) is 5.93. The number of piperidine rings is 1. The highest BCUT2D eigenvalue weighted by Gasteiger charge is 2.11. The second kappa shape index (κ2) is 6.44. The highest BCUT2D eigenvalue weighted by atomic mass is 14.9. The summed E-state index contributed by atoms with van der Waals surface area (Å²) in [6.07, 6.45) is 5.41. The first-order valence-corrected chi connectivity index (χ1v) is 5.35.